The first-order valence-corrected chi connectivity index (χ1v) is 6.81. The normalized spacial score (nSPS) is 12.2. The number of pyridine rings is 1. The molecular weight excluding hydrogens is 296 g/mol. The van der Waals surface area contributed by atoms with Gasteiger partial charge >= 0.3 is 0 Å². The van der Waals surface area contributed by atoms with E-state index in [2.05, 4.69) is 27.8 Å². The summed E-state index contributed by atoms with van der Waals surface area (Å²) in [6.07, 6.45) is 0.906. The molecule has 0 bridgehead atoms. The smallest absolute Gasteiger partial charge is 0.272 e. The van der Waals surface area contributed by atoms with Crippen molar-refractivity contribution >= 4 is 21.8 Å². The van der Waals surface area contributed by atoms with Crippen LogP contribution >= 0.6 is 15.9 Å². The Morgan fingerprint density at radius 2 is 2.28 bits per heavy atom. The second kappa shape index (κ2) is 7.48. The number of rotatable bonds is 6. The van der Waals surface area contributed by atoms with Crippen LogP contribution in [0.3, 0.4) is 0 Å². The molecule has 4 nitrogen and oxygen atoms in total. The number of methoxy groups -OCH3 is 1. The summed E-state index contributed by atoms with van der Waals surface area (Å²) in [5.41, 5.74) is 0.459. The van der Waals surface area contributed by atoms with Crippen LogP contribution in [0.15, 0.2) is 22.8 Å². The molecule has 0 spiro atoms. The van der Waals surface area contributed by atoms with Gasteiger partial charge in [-0.2, -0.15) is 0 Å². The van der Waals surface area contributed by atoms with E-state index < -0.39 is 0 Å². The fourth-order valence-corrected chi connectivity index (χ4v) is 1.95. The third-order valence-corrected chi connectivity index (χ3v) is 3.30. The third-order valence-electron chi connectivity index (χ3n) is 2.85. The monoisotopic (exact) mass is 314 g/mol. The molecule has 1 unspecified atom stereocenters. The molecule has 0 aromatic carbocycles. The van der Waals surface area contributed by atoms with E-state index in [1.165, 1.54) is 0 Å². The standard InChI is InChI=1S/C13H19BrN2O2/c1-4-10(2)16(8-9-18-3)13(17)11-6-5-7-12(14)15-11/h5-7,10H,4,8-9H2,1-3H3. The molecule has 0 N–H and O–H groups in total. The molecule has 1 aromatic rings. The van der Waals surface area contributed by atoms with Crippen LogP contribution in [0.25, 0.3) is 0 Å². The highest BCUT2D eigenvalue weighted by Crippen LogP contribution is 2.12. The molecule has 0 aliphatic carbocycles. The number of ether oxygens (including phenoxy) is 1. The number of aromatic nitrogens is 1. The van der Waals surface area contributed by atoms with Crippen LogP contribution in [0.5, 0.6) is 0 Å². The van der Waals surface area contributed by atoms with Gasteiger partial charge in [0.05, 0.1) is 6.61 Å². The number of hydrogen-bond donors (Lipinski definition) is 0. The van der Waals surface area contributed by atoms with Gasteiger partial charge in [-0.15, -0.1) is 0 Å². The van der Waals surface area contributed by atoms with Gasteiger partial charge in [-0.1, -0.05) is 13.0 Å². The highest BCUT2D eigenvalue weighted by Gasteiger charge is 2.21. The fraction of sp³-hybridized carbons (Fsp3) is 0.538. The van der Waals surface area contributed by atoms with Gasteiger partial charge in [0, 0.05) is 19.7 Å². The molecule has 18 heavy (non-hydrogen) atoms. The van der Waals surface area contributed by atoms with Crippen molar-refractivity contribution < 1.29 is 9.53 Å². The second-order valence-corrected chi connectivity index (χ2v) is 4.91. The number of hydrogen-bond acceptors (Lipinski definition) is 3. The SMILES string of the molecule is CCC(C)N(CCOC)C(=O)c1cccc(Br)n1. The van der Waals surface area contributed by atoms with E-state index in [0.717, 1.165) is 6.42 Å². The first-order chi connectivity index (χ1) is 8.60. The average Bonchev–Trinajstić information content (AvgIpc) is 2.38. The van der Waals surface area contributed by atoms with Crippen LogP contribution in [0.2, 0.25) is 0 Å². The molecule has 0 aliphatic heterocycles. The summed E-state index contributed by atoms with van der Waals surface area (Å²) < 4.78 is 5.72. The minimum absolute atomic E-state index is 0.0531. The van der Waals surface area contributed by atoms with Crippen LogP contribution in [0.1, 0.15) is 30.8 Å². The van der Waals surface area contributed by atoms with Crippen LogP contribution in [0.4, 0.5) is 0 Å². The quantitative estimate of drug-likeness (QED) is 0.758. The Morgan fingerprint density at radius 1 is 1.56 bits per heavy atom. The first-order valence-electron chi connectivity index (χ1n) is 6.02. The lowest BCUT2D eigenvalue weighted by molar-refractivity contribution is 0.0608. The van der Waals surface area contributed by atoms with E-state index in [4.69, 9.17) is 4.74 Å². The maximum absolute atomic E-state index is 12.4. The molecule has 100 valence electrons. The summed E-state index contributed by atoms with van der Waals surface area (Å²) in [5, 5.41) is 0. The molecule has 1 amide bonds. The van der Waals surface area contributed by atoms with Gasteiger partial charge in [-0.25, -0.2) is 4.98 Å². The average molecular weight is 315 g/mol. The van der Waals surface area contributed by atoms with E-state index in [1.54, 1.807) is 24.1 Å². The van der Waals surface area contributed by atoms with E-state index in [1.807, 2.05) is 13.0 Å². The lowest BCUT2D eigenvalue weighted by Crippen LogP contribution is -2.40. The molecule has 0 saturated carbocycles. The minimum Gasteiger partial charge on any atom is -0.383 e. The number of nitrogens with zero attached hydrogens (tertiary/aromatic N) is 2. The number of amides is 1. The molecule has 1 heterocycles. The van der Waals surface area contributed by atoms with Crippen molar-refractivity contribution in [3.05, 3.63) is 28.5 Å². The van der Waals surface area contributed by atoms with Crippen LogP contribution in [0, 0.1) is 0 Å². The van der Waals surface area contributed by atoms with E-state index in [0.29, 0.717) is 23.4 Å². The summed E-state index contributed by atoms with van der Waals surface area (Å²) in [7, 11) is 1.64. The van der Waals surface area contributed by atoms with Crippen molar-refractivity contribution in [2.24, 2.45) is 0 Å². The van der Waals surface area contributed by atoms with Gasteiger partial charge in [0.15, 0.2) is 0 Å². The number of halogens is 1. The van der Waals surface area contributed by atoms with Crippen molar-refractivity contribution in [3.63, 3.8) is 0 Å². The Morgan fingerprint density at radius 3 is 2.83 bits per heavy atom. The molecule has 1 rings (SSSR count). The number of carbonyl (C=O) groups is 1. The Bertz CT molecular complexity index is 398. The molecule has 5 heteroatoms. The van der Waals surface area contributed by atoms with Crippen molar-refractivity contribution in [3.8, 4) is 0 Å². The van der Waals surface area contributed by atoms with Gasteiger partial charge in [0.1, 0.15) is 10.3 Å². The zero-order chi connectivity index (χ0) is 13.5. The van der Waals surface area contributed by atoms with Crippen molar-refractivity contribution in [2.45, 2.75) is 26.3 Å². The number of carbonyl (C=O) groups excluding carboxylic acids is 1. The predicted molar refractivity (Wildman–Crippen MR) is 74.6 cm³/mol. The van der Waals surface area contributed by atoms with Crippen molar-refractivity contribution in [2.75, 3.05) is 20.3 Å². The van der Waals surface area contributed by atoms with E-state index in [9.17, 15) is 4.79 Å². The van der Waals surface area contributed by atoms with Gasteiger partial charge in [-0.3, -0.25) is 4.79 Å². The zero-order valence-corrected chi connectivity index (χ0v) is 12.6. The molecule has 0 saturated heterocycles. The fourth-order valence-electron chi connectivity index (χ4n) is 1.61. The molecule has 1 atom stereocenters. The maximum atomic E-state index is 12.4. The molecular formula is C13H19BrN2O2. The predicted octanol–water partition coefficient (Wildman–Crippen LogP) is 2.73. The highest BCUT2D eigenvalue weighted by molar-refractivity contribution is 9.10. The maximum Gasteiger partial charge on any atom is 0.272 e. The van der Waals surface area contributed by atoms with E-state index >= 15 is 0 Å². The second-order valence-electron chi connectivity index (χ2n) is 4.09. The molecule has 0 fully saturated rings. The van der Waals surface area contributed by atoms with Crippen LogP contribution in [-0.4, -0.2) is 42.1 Å². The summed E-state index contributed by atoms with van der Waals surface area (Å²) in [6.45, 7) is 5.21. The summed E-state index contributed by atoms with van der Waals surface area (Å²) in [5.74, 6) is -0.0531. The summed E-state index contributed by atoms with van der Waals surface area (Å²) in [6, 6.07) is 5.53. The molecule has 0 aliphatic rings. The molecule has 0 radical (unpaired) electrons. The van der Waals surface area contributed by atoms with Crippen LogP contribution < -0.4 is 0 Å². The Labute approximate surface area is 116 Å². The Balaban J connectivity index is 2.87. The van der Waals surface area contributed by atoms with Crippen molar-refractivity contribution in [1.29, 1.82) is 0 Å². The topological polar surface area (TPSA) is 42.4 Å². The lowest BCUT2D eigenvalue weighted by Gasteiger charge is -2.28. The van der Waals surface area contributed by atoms with Gasteiger partial charge in [0.2, 0.25) is 0 Å². The largest absolute Gasteiger partial charge is 0.383 e. The summed E-state index contributed by atoms with van der Waals surface area (Å²) in [4.78, 5) is 18.4. The first kappa shape index (κ1) is 15.1. The van der Waals surface area contributed by atoms with E-state index in [-0.39, 0.29) is 11.9 Å². The van der Waals surface area contributed by atoms with Gasteiger partial charge in [-0.05, 0) is 41.4 Å². The third kappa shape index (κ3) is 4.07. The van der Waals surface area contributed by atoms with Crippen molar-refractivity contribution in [1.82, 2.24) is 9.88 Å². The van der Waals surface area contributed by atoms with Gasteiger partial charge < -0.3 is 9.64 Å². The zero-order valence-electron chi connectivity index (χ0n) is 11.0. The molecule has 1 aromatic heterocycles. The highest BCUT2D eigenvalue weighted by atomic mass is 79.9. The summed E-state index contributed by atoms with van der Waals surface area (Å²) >= 11 is 3.28. The Kier molecular flexibility index (Phi) is 6.29. The minimum atomic E-state index is -0.0531. The van der Waals surface area contributed by atoms with Gasteiger partial charge in [0.25, 0.3) is 5.91 Å². The van der Waals surface area contributed by atoms with Crippen LogP contribution in [-0.2, 0) is 4.74 Å². The lowest BCUT2D eigenvalue weighted by atomic mass is 10.2. The Hall–Kier alpha value is -0.940.